The van der Waals surface area contributed by atoms with Gasteiger partial charge >= 0.3 is 0 Å². The van der Waals surface area contributed by atoms with Crippen LogP contribution in [0.25, 0.3) is 0 Å². The average molecular weight is 751 g/mol. The van der Waals surface area contributed by atoms with E-state index in [4.69, 9.17) is 75.8 Å². The standard InChI is InChI=1S/C36H62O16/c1-37-33-23-31(25-49-29-34-27-47-17-15-43-9-7-39-3-5-41-11-13-45-19-21-51-34)36(38-2)32(24-33)26-50-30-35-28-48-18-16-44-10-8-40-4-6-42-12-14-46-20-22-52-35/h23-24,34-35H,3-22,25-30H2,1-2H3. The van der Waals surface area contributed by atoms with E-state index in [-0.39, 0.29) is 25.4 Å². The fourth-order valence-corrected chi connectivity index (χ4v) is 4.94. The lowest BCUT2D eigenvalue weighted by Gasteiger charge is -2.21. The van der Waals surface area contributed by atoms with Crippen molar-refractivity contribution in [1.29, 1.82) is 0 Å². The zero-order valence-electron chi connectivity index (χ0n) is 31.2. The molecule has 2 aliphatic rings. The Balaban J connectivity index is 1.50. The Morgan fingerprint density at radius 2 is 0.731 bits per heavy atom. The van der Waals surface area contributed by atoms with Crippen molar-refractivity contribution >= 4 is 0 Å². The number of hydrogen-bond acceptors (Lipinski definition) is 16. The Labute approximate surface area is 308 Å². The Hall–Kier alpha value is -1.74. The SMILES string of the molecule is COc1cc(COCC2COCCOCCOCCOCCOCCO2)c(OC)c(COCC2COCCOCCOCCOCCOCCO2)c1. The molecule has 16 nitrogen and oxygen atoms in total. The minimum atomic E-state index is -0.314. The Morgan fingerprint density at radius 3 is 1.04 bits per heavy atom. The van der Waals surface area contributed by atoms with Gasteiger partial charge in [0.2, 0.25) is 0 Å². The summed E-state index contributed by atoms with van der Waals surface area (Å²) in [5, 5.41) is 0. The molecule has 2 unspecified atom stereocenters. The number of benzene rings is 1. The maximum Gasteiger partial charge on any atom is 0.130 e. The predicted molar refractivity (Wildman–Crippen MR) is 187 cm³/mol. The number of hydrogen-bond donors (Lipinski definition) is 0. The van der Waals surface area contributed by atoms with Gasteiger partial charge in [-0.05, 0) is 12.1 Å². The van der Waals surface area contributed by atoms with Crippen LogP contribution in [0.1, 0.15) is 11.1 Å². The maximum atomic E-state index is 6.14. The Kier molecular flexibility index (Phi) is 27.1. The van der Waals surface area contributed by atoms with Gasteiger partial charge in [0, 0.05) is 11.1 Å². The first kappa shape index (κ1) is 44.7. The van der Waals surface area contributed by atoms with E-state index in [0.717, 1.165) is 11.1 Å². The largest absolute Gasteiger partial charge is 0.497 e. The van der Waals surface area contributed by atoms with Gasteiger partial charge < -0.3 is 75.8 Å². The Bertz CT molecular complexity index is 867. The average Bonchev–Trinajstić information content (AvgIpc) is 3.15. The van der Waals surface area contributed by atoms with E-state index >= 15 is 0 Å². The van der Waals surface area contributed by atoms with E-state index in [2.05, 4.69) is 0 Å². The highest BCUT2D eigenvalue weighted by Gasteiger charge is 2.17. The van der Waals surface area contributed by atoms with E-state index in [1.807, 2.05) is 12.1 Å². The molecule has 302 valence electrons. The van der Waals surface area contributed by atoms with Crippen LogP contribution in [-0.2, 0) is 79.5 Å². The summed E-state index contributed by atoms with van der Waals surface area (Å²) in [6.07, 6.45) is -0.628. The normalized spacial score (nSPS) is 23.3. The van der Waals surface area contributed by atoms with Gasteiger partial charge in [0.25, 0.3) is 0 Å². The topological polar surface area (TPSA) is 148 Å². The monoisotopic (exact) mass is 750 g/mol. The fourth-order valence-electron chi connectivity index (χ4n) is 4.94. The summed E-state index contributed by atoms with van der Waals surface area (Å²) in [4.78, 5) is 0. The molecular weight excluding hydrogens is 688 g/mol. The number of methoxy groups -OCH3 is 2. The molecule has 1 aromatic carbocycles. The second-order valence-corrected chi connectivity index (χ2v) is 11.5. The second-order valence-electron chi connectivity index (χ2n) is 11.5. The van der Waals surface area contributed by atoms with Crippen LogP contribution in [0, 0.1) is 0 Å². The maximum absolute atomic E-state index is 6.14. The van der Waals surface area contributed by atoms with E-state index in [1.54, 1.807) is 14.2 Å². The third kappa shape index (κ3) is 21.8. The van der Waals surface area contributed by atoms with Crippen LogP contribution in [0.15, 0.2) is 12.1 Å². The summed E-state index contributed by atoms with van der Waals surface area (Å²) >= 11 is 0. The lowest BCUT2D eigenvalue weighted by Crippen LogP contribution is -2.28. The first-order valence-electron chi connectivity index (χ1n) is 18.2. The van der Waals surface area contributed by atoms with Crippen LogP contribution in [0.4, 0.5) is 0 Å². The van der Waals surface area contributed by atoms with E-state index < -0.39 is 0 Å². The minimum Gasteiger partial charge on any atom is -0.497 e. The first-order chi connectivity index (χ1) is 25.8. The van der Waals surface area contributed by atoms with Crippen molar-refractivity contribution < 1.29 is 75.8 Å². The van der Waals surface area contributed by atoms with Crippen molar-refractivity contribution in [1.82, 2.24) is 0 Å². The molecule has 2 fully saturated rings. The van der Waals surface area contributed by atoms with Gasteiger partial charge in [0.15, 0.2) is 0 Å². The molecule has 0 aromatic heterocycles. The van der Waals surface area contributed by atoms with Crippen molar-refractivity contribution in [3.63, 3.8) is 0 Å². The highest BCUT2D eigenvalue weighted by molar-refractivity contribution is 5.47. The van der Waals surface area contributed by atoms with Gasteiger partial charge in [0.05, 0.1) is 186 Å². The number of rotatable bonds is 10. The van der Waals surface area contributed by atoms with Crippen LogP contribution in [-0.4, -0.2) is 185 Å². The van der Waals surface area contributed by atoms with Gasteiger partial charge in [-0.1, -0.05) is 0 Å². The molecule has 2 heterocycles. The molecule has 0 spiro atoms. The molecule has 1 aromatic rings. The minimum absolute atomic E-state index is 0.253. The highest BCUT2D eigenvalue weighted by Crippen LogP contribution is 2.31. The van der Waals surface area contributed by atoms with Crippen molar-refractivity contribution in [3.05, 3.63) is 23.3 Å². The van der Waals surface area contributed by atoms with Crippen molar-refractivity contribution in [2.45, 2.75) is 25.4 Å². The molecule has 0 aliphatic carbocycles. The van der Waals surface area contributed by atoms with Crippen LogP contribution >= 0.6 is 0 Å². The molecule has 2 aliphatic heterocycles. The van der Waals surface area contributed by atoms with Gasteiger partial charge in [-0.25, -0.2) is 0 Å². The quantitative estimate of drug-likeness (QED) is 0.342. The summed E-state index contributed by atoms with van der Waals surface area (Å²) < 4.78 is 91.8. The zero-order chi connectivity index (χ0) is 36.6. The molecule has 0 bridgehead atoms. The summed E-state index contributed by atoms with van der Waals surface area (Å²) in [7, 11) is 3.24. The molecule has 0 saturated carbocycles. The summed E-state index contributed by atoms with van der Waals surface area (Å²) in [5.41, 5.74) is 1.62. The molecule has 0 radical (unpaired) electrons. The van der Waals surface area contributed by atoms with Crippen LogP contribution in [0.3, 0.4) is 0 Å². The van der Waals surface area contributed by atoms with Gasteiger partial charge in [0.1, 0.15) is 23.7 Å². The molecule has 52 heavy (non-hydrogen) atoms. The van der Waals surface area contributed by atoms with Gasteiger partial charge in [-0.15, -0.1) is 0 Å². The second kappa shape index (κ2) is 31.6. The summed E-state index contributed by atoms with van der Waals surface area (Å²) in [6, 6.07) is 3.78. The first-order valence-corrected chi connectivity index (χ1v) is 18.2. The molecule has 0 N–H and O–H groups in total. The van der Waals surface area contributed by atoms with Crippen molar-refractivity contribution in [3.8, 4) is 11.5 Å². The molecule has 3 rings (SSSR count). The van der Waals surface area contributed by atoms with Crippen LogP contribution < -0.4 is 9.47 Å². The predicted octanol–water partition coefficient (Wildman–Crippen LogP) is 1.70. The van der Waals surface area contributed by atoms with Crippen LogP contribution in [0.5, 0.6) is 11.5 Å². The third-order valence-corrected chi connectivity index (χ3v) is 7.52. The molecule has 16 heteroatoms. The molecule has 2 saturated heterocycles. The zero-order valence-corrected chi connectivity index (χ0v) is 31.2. The van der Waals surface area contributed by atoms with Crippen molar-refractivity contribution in [2.75, 3.05) is 173 Å². The summed E-state index contributed by atoms with van der Waals surface area (Å²) in [6.45, 7) is 11.2. The molecule has 0 amide bonds. The third-order valence-electron chi connectivity index (χ3n) is 7.52. The highest BCUT2D eigenvalue weighted by atomic mass is 16.6. The van der Waals surface area contributed by atoms with E-state index in [0.29, 0.717) is 170 Å². The smallest absolute Gasteiger partial charge is 0.130 e. The molecule has 2 atom stereocenters. The lowest BCUT2D eigenvalue weighted by molar-refractivity contribution is -0.0871. The number of ether oxygens (including phenoxy) is 16. The van der Waals surface area contributed by atoms with E-state index in [1.165, 1.54) is 0 Å². The van der Waals surface area contributed by atoms with Gasteiger partial charge in [-0.3, -0.25) is 0 Å². The molecular formula is C36H62O16. The van der Waals surface area contributed by atoms with Gasteiger partial charge in [-0.2, -0.15) is 0 Å². The summed E-state index contributed by atoms with van der Waals surface area (Å²) in [5.74, 6) is 1.31. The Morgan fingerprint density at radius 1 is 0.423 bits per heavy atom. The fraction of sp³-hybridized carbons (Fsp3) is 0.833. The van der Waals surface area contributed by atoms with Crippen LogP contribution in [0.2, 0.25) is 0 Å². The van der Waals surface area contributed by atoms with Crippen molar-refractivity contribution in [2.24, 2.45) is 0 Å². The van der Waals surface area contributed by atoms with E-state index in [9.17, 15) is 0 Å². The lowest BCUT2D eigenvalue weighted by atomic mass is 10.1.